The lowest BCUT2D eigenvalue weighted by atomic mass is 9.72. The molecule has 240 valence electrons. The Labute approximate surface area is 274 Å². The molecule has 0 saturated heterocycles. The van der Waals surface area contributed by atoms with Gasteiger partial charge in [-0.25, -0.2) is 0 Å². The molecule has 1 N–H and O–H groups in total. The number of nitrogens with zero attached hydrogens (tertiary/aromatic N) is 1. The number of aliphatic hydroxyl groups is 1. The molecule has 4 aromatic rings. The Bertz CT molecular complexity index is 1410. The van der Waals surface area contributed by atoms with E-state index < -0.39 is 0 Å². The maximum absolute atomic E-state index is 7.88. The average molecular weight is 604 g/mol. The van der Waals surface area contributed by atoms with E-state index in [9.17, 15) is 0 Å². The third-order valence-electron chi connectivity index (χ3n) is 8.88. The molecule has 0 radical (unpaired) electrons. The minimum Gasteiger partial charge on any atom is -0.396 e. The number of rotatable bonds is 7. The van der Waals surface area contributed by atoms with Crippen molar-refractivity contribution in [2.45, 2.75) is 111 Å². The Kier molecular flexibility index (Phi) is 10.7. The van der Waals surface area contributed by atoms with Gasteiger partial charge in [0.05, 0.1) is 0 Å². The molecule has 45 heavy (non-hydrogen) atoms. The first-order valence-electron chi connectivity index (χ1n) is 17.0. The van der Waals surface area contributed by atoms with Crippen molar-refractivity contribution in [2.24, 2.45) is 5.41 Å². The molecule has 2 heteroatoms. The van der Waals surface area contributed by atoms with Crippen LogP contribution in [0, 0.1) is 5.41 Å². The molecule has 0 heterocycles. The summed E-state index contributed by atoms with van der Waals surface area (Å²) in [6.45, 7) is 23.0. The van der Waals surface area contributed by atoms with E-state index in [1.54, 1.807) is 0 Å². The first-order valence-corrected chi connectivity index (χ1v) is 17.0. The van der Waals surface area contributed by atoms with Gasteiger partial charge in [-0.15, -0.1) is 0 Å². The van der Waals surface area contributed by atoms with Gasteiger partial charge in [0, 0.05) is 29.6 Å². The lowest BCUT2D eigenvalue weighted by Crippen LogP contribution is -2.20. The number of aliphatic hydroxyl groups excluding tert-OH is 1. The zero-order valence-corrected chi connectivity index (χ0v) is 29.6. The summed E-state index contributed by atoms with van der Waals surface area (Å²) in [6, 6.07) is 37.0. The van der Waals surface area contributed by atoms with E-state index in [1.165, 1.54) is 57.7 Å². The Morgan fingerprint density at radius 1 is 0.578 bits per heavy atom. The van der Waals surface area contributed by atoms with Crippen LogP contribution in [0.15, 0.2) is 97.1 Å². The Morgan fingerprint density at radius 2 is 0.911 bits per heavy atom. The maximum atomic E-state index is 7.88. The fourth-order valence-corrected chi connectivity index (χ4v) is 6.05. The number of hydrogen-bond acceptors (Lipinski definition) is 2. The smallest absolute Gasteiger partial charge is 0.0461 e. The van der Waals surface area contributed by atoms with E-state index in [0.717, 1.165) is 12.3 Å². The van der Waals surface area contributed by atoms with Gasteiger partial charge in [-0.2, -0.15) is 0 Å². The maximum Gasteiger partial charge on any atom is 0.0461 e. The second kappa shape index (κ2) is 14.0. The molecule has 5 rings (SSSR count). The van der Waals surface area contributed by atoms with Crippen LogP contribution in [-0.4, -0.2) is 11.7 Å². The number of hydrogen-bond donors (Lipinski definition) is 1. The topological polar surface area (TPSA) is 23.5 Å². The summed E-state index contributed by atoms with van der Waals surface area (Å²) in [4.78, 5) is 2.39. The third-order valence-corrected chi connectivity index (χ3v) is 8.88. The predicted molar refractivity (Wildman–Crippen MR) is 196 cm³/mol. The average Bonchev–Trinajstić information content (AvgIpc) is 3.84. The van der Waals surface area contributed by atoms with Gasteiger partial charge < -0.3 is 10.0 Å². The summed E-state index contributed by atoms with van der Waals surface area (Å²) in [6.07, 6.45) is 3.57. The van der Waals surface area contributed by atoms with Gasteiger partial charge in [0.25, 0.3) is 0 Å². The van der Waals surface area contributed by atoms with E-state index in [1.807, 2.05) is 6.92 Å². The minimum absolute atomic E-state index is 0.105. The van der Waals surface area contributed by atoms with Gasteiger partial charge in [-0.3, -0.25) is 0 Å². The monoisotopic (exact) mass is 603 g/mol. The van der Waals surface area contributed by atoms with Gasteiger partial charge in [0.15, 0.2) is 0 Å². The normalized spacial score (nSPS) is 14.4. The Hall–Kier alpha value is -3.36. The van der Waals surface area contributed by atoms with Crippen LogP contribution in [0.3, 0.4) is 0 Å². The van der Waals surface area contributed by atoms with Crippen molar-refractivity contribution in [3.05, 3.63) is 125 Å². The minimum atomic E-state index is 0.105. The molecule has 2 nitrogen and oxygen atoms in total. The highest BCUT2D eigenvalue weighted by Crippen LogP contribution is 2.45. The molecule has 1 unspecified atom stereocenters. The van der Waals surface area contributed by atoms with Crippen LogP contribution in [0.25, 0.3) is 0 Å². The third kappa shape index (κ3) is 8.88. The molecule has 1 saturated carbocycles. The predicted octanol–water partition coefficient (Wildman–Crippen LogP) is 12.2. The lowest BCUT2D eigenvalue weighted by molar-refractivity contribution is 0.295. The van der Waals surface area contributed by atoms with Crippen molar-refractivity contribution in [2.75, 3.05) is 11.5 Å². The van der Waals surface area contributed by atoms with Crippen molar-refractivity contribution in [1.82, 2.24) is 0 Å². The second-order valence-corrected chi connectivity index (χ2v) is 16.0. The van der Waals surface area contributed by atoms with E-state index in [-0.39, 0.29) is 16.2 Å². The summed E-state index contributed by atoms with van der Waals surface area (Å²) in [5.74, 6) is 1.12. The molecular formula is C43H57NO. The summed E-state index contributed by atoms with van der Waals surface area (Å²) >= 11 is 0. The Morgan fingerprint density at radius 3 is 1.20 bits per heavy atom. The quantitative estimate of drug-likeness (QED) is 0.227. The van der Waals surface area contributed by atoms with Gasteiger partial charge in [0.2, 0.25) is 0 Å². The fraction of sp³-hybridized carbons (Fsp3) is 0.442. The Balaban J connectivity index is 0.00000109. The van der Waals surface area contributed by atoms with Crippen LogP contribution < -0.4 is 4.90 Å². The molecule has 0 amide bonds. The molecule has 1 aliphatic rings. The highest BCUT2D eigenvalue weighted by atomic mass is 16.2. The van der Waals surface area contributed by atoms with E-state index in [4.69, 9.17) is 5.11 Å². The van der Waals surface area contributed by atoms with Crippen molar-refractivity contribution < 1.29 is 5.11 Å². The van der Waals surface area contributed by atoms with Crippen LogP contribution in [0.1, 0.15) is 128 Å². The van der Waals surface area contributed by atoms with Crippen LogP contribution in [0.2, 0.25) is 0 Å². The molecule has 0 spiro atoms. The lowest BCUT2D eigenvalue weighted by Gasteiger charge is -2.33. The summed E-state index contributed by atoms with van der Waals surface area (Å²) in [5.41, 5.74) is 10.9. The van der Waals surface area contributed by atoms with Gasteiger partial charge in [-0.1, -0.05) is 130 Å². The summed E-state index contributed by atoms with van der Waals surface area (Å²) < 4.78 is 0. The highest BCUT2D eigenvalue weighted by molar-refractivity contribution is 5.77. The van der Waals surface area contributed by atoms with E-state index >= 15 is 0 Å². The van der Waals surface area contributed by atoms with Gasteiger partial charge >= 0.3 is 0 Å². The molecule has 0 bridgehead atoms. The first-order chi connectivity index (χ1) is 21.1. The summed E-state index contributed by atoms with van der Waals surface area (Å²) in [7, 11) is 0. The zero-order valence-electron chi connectivity index (χ0n) is 29.6. The largest absolute Gasteiger partial charge is 0.396 e. The fourth-order valence-electron chi connectivity index (χ4n) is 6.05. The molecule has 1 fully saturated rings. The van der Waals surface area contributed by atoms with Crippen LogP contribution >= 0.6 is 0 Å². The zero-order chi connectivity index (χ0) is 33.0. The van der Waals surface area contributed by atoms with Crippen molar-refractivity contribution in [1.29, 1.82) is 0 Å². The van der Waals surface area contributed by atoms with Crippen molar-refractivity contribution >= 4 is 17.1 Å². The standard InChI is InChI=1S/C40H49N.C3H8O/c1-38(2,3)32-18-24-35(25-19-32)41(36-26-20-33(21-27-36)39(4,5)6)34-22-16-31(17-23-34)37(40(7,8)9)30-14-12-29(13-15-30)28-10-11-28;1-2-3-4/h12-28,37H,10-11H2,1-9H3;4H,2-3H2,1H3. The molecular weight excluding hydrogens is 546 g/mol. The van der Waals surface area contributed by atoms with Crippen LogP contribution in [0.5, 0.6) is 0 Å². The highest BCUT2D eigenvalue weighted by Gasteiger charge is 2.29. The molecule has 0 aromatic heterocycles. The summed E-state index contributed by atoms with van der Waals surface area (Å²) in [5, 5.41) is 7.88. The molecule has 1 atom stereocenters. The van der Waals surface area contributed by atoms with Crippen LogP contribution in [-0.2, 0) is 10.8 Å². The van der Waals surface area contributed by atoms with E-state index in [2.05, 4.69) is 164 Å². The second-order valence-electron chi connectivity index (χ2n) is 16.0. The SMILES string of the molecule is CC(C)(C)c1ccc(N(c2ccc(C(c3ccc(C4CC4)cc3)C(C)(C)C)cc2)c2ccc(C(C)(C)C)cc2)cc1.CCCO. The number of benzene rings is 4. The van der Waals surface area contributed by atoms with Crippen molar-refractivity contribution in [3.8, 4) is 0 Å². The van der Waals surface area contributed by atoms with Gasteiger partial charge in [-0.05, 0) is 106 Å². The first kappa shape index (κ1) is 34.5. The van der Waals surface area contributed by atoms with E-state index in [0.29, 0.717) is 12.5 Å². The molecule has 1 aliphatic carbocycles. The van der Waals surface area contributed by atoms with Gasteiger partial charge in [0.1, 0.15) is 0 Å². The van der Waals surface area contributed by atoms with Crippen molar-refractivity contribution in [3.63, 3.8) is 0 Å². The van der Waals surface area contributed by atoms with Crippen LogP contribution in [0.4, 0.5) is 17.1 Å². The molecule has 4 aromatic carbocycles. The number of anilines is 3. The molecule has 0 aliphatic heterocycles.